The molecule has 2 aliphatic rings. The summed E-state index contributed by atoms with van der Waals surface area (Å²) in [6, 6.07) is 12.7. The Labute approximate surface area is 137 Å². The summed E-state index contributed by atoms with van der Waals surface area (Å²) in [6.07, 6.45) is 0.535. The van der Waals surface area contributed by atoms with Crippen LogP contribution >= 0.6 is 0 Å². The molecule has 3 rings (SSSR count). The zero-order valence-electron chi connectivity index (χ0n) is 13.7. The Morgan fingerprint density at radius 2 is 2.13 bits per heavy atom. The molecule has 3 atom stereocenters. The smallest absolute Gasteiger partial charge is 0.326 e. The van der Waals surface area contributed by atoms with Crippen molar-refractivity contribution in [1.82, 2.24) is 9.80 Å². The molecule has 0 N–H and O–H groups in total. The largest absolute Gasteiger partial charge is 0.465 e. The zero-order valence-corrected chi connectivity index (χ0v) is 13.7. The van der Waals surface area contributed by atoms with Crippen LogP contribution in [0.25, 0.3) is 0 Å². The van der Waals surface area contributed by atoms with Crippen molar-refractivity contribution in [2.24, 2.45) is 5.92 Å². The highest BCUT2D eigenvalue weighted by Gasteiger charge is 2.58. The van der Waals surface area contributed by atoms with Gasteiger partial charge in [0.25, 0.3) is 0 Å². The van der Waals surface area contributed by atoms with Gasteiger partial charge in [-0.05, 0) is 25.8 Å². The SMILES string of the molecule is CCOC(=O)C1(C)CC(C#N)C2N(Cc3ccccc3)CCN21. The molecule has 2 aliphatic heterocycles. The van der Waals surface area contributed by atoms with Crippen LogP contribution in [0.4, 0.5) is 0 Å². The van der Waals surface area contributed by atoms with Crippen molar-refractivity contribution in [2.75, 3.05) is 19.7 Å². The van der Waals surface area contributed by atoms with E-state index in [0.29, 0.717) is 13.0 Å². The number of rotatable bonds is 4. The van der Waals surface area contributed by atoms with E-state index in [1.165, 1.54) is 5.56 Å². The summed E-state index contributed by atoms with van der Waals surface area (Å²) < 4.78 is 5.27. The Hall–Kier alpha value is -1.90. The molecule has 2 saturated heterocycles. The van der Waals surface area contributed by atoms with Crippen molar-refractivity contribution in [3.8, 4) is 6.07 Å². The van der Waals surface area contributed by atoms with E-state index < -0.39 is 5.54 Å². The lowest BCUT2D eigenvalue weighted by atomic mass is 9.93. The van der Waals surface area contributed by atoms with Gasteiger partial charge in [0.15, 0.2) is 0 Å². The van der Waals surface area contributed by atoms with Gasteiger partial charge in [0, 0.05) is 19.6 Å². The van der Waals surface area contributed by atoms with E-state index in [1.54, 1.807) is 0 Å². The molecule has 0 radical (unpaired) electrons. The predicted molar refractivity (Wildman–Crippen MR) is 86.1 cm³/mol. The van der Waals surface area contributed by atoms with Crippen LogP contribution in [0.3, 0.4) is 0 Å². The molecule has 0 aliphatic carbocycles. The van der Waals surface area contributed by atoms with Crippen molar-refractivity contribution < 1.29 is 9.53 Å². The maximum absolute atomic E-state index is 12.4. The van der Waals surface area contributed by atoms with E-state index in [1.807, 2.05) is 32.0 Å². The molecule has 1 aromatic carbocycles. The number of hydrogen-bond donors (Lipinski definition) is 0. The molecule has 0 spiro atoms. The highest BCUT2D eigenvalue weighted by atomic mass is 16.5. The summed E-state index contributed by atoms with van der Waals surface area (Å²) in [5, 5.41) is 9.59. The third kappa shape index (κ3) is 2.73. The van der Waals surface area contributed by atoms with Gasteiger partial charge in [-0.3, -0.25) is 14.6 Å². The number of nitrogens with zero attached hydrogens (tertiary/aromatic N) is 3. The van der Waals surface area contributed by atoms with Gasteiger partial charge in [0.05, 0.1) is 24.8 Å². The number of carbonyl (C=O) groups is 1. The van der Waals surface area contributed by atoms with Crippen molar-refractivity contribution in [2.45, 2.75) is 38.5 Å². The molecule has 0 aromatic heterocycles. The first kappa shape index (κ1) is 16.0. The molecule has 3 unspecified atom stereocenters. The second kappa shape index (κ2) is 6.31. The van der Waals surface area contributed by atoms with Gasteiger partial charge < -0.3 is 4.74 Å². The number of hydrogen-bond acceptors (Lipinski definition) is 5. The second-order valence-electron chi connectivity index (χ2n) is 6.50. The third-order valence-electron chi connectivity index (χ3n) is 5.04. The first-order valence-electron chi connectivity index (χ1n) is 8.21. The molecular weight excluding hydrogens is 290 g/mol. The van der Waals surface area contributed by atoms with Crippen LogP contribution in [0.5, 0.6) is 0 Å². The van der Waals surface area contributed by atoms with Crippen molar-refractivity contribution in [3.05, 3.63) is 35.9 Å². The van der Waals surface area contributed by atoms with Crippen LogP contribution in [0.2, 0.25) is 0 Å². The fourth-order valence-corrected chi connectivity index (χ4v) is 3.95. The summed E-state index contributed by atoms with van der Waals surface area (Å²) in [4.78, 5) is 16.9. The maximum Gasteiger partial charge on any atom is 0.326 e. The average molecular weight is 313 g/mol. The highest BCUT2D eigenvalue weighted by Crippen LogP contribution is 2.43. The number of carbonyl (C=O) groups excluding carboxylic acids is 1. The van der Waals surface area contributed by atoms with Gasteiger partial charge >= 0.3 is 5.97 Å². The standard InChI is InChI=1S/C18H23N3O2/c1-3-23-17(22)18(2)11-15(12-19)16-20(9-10-21(16)18)13-14-7-5-4-6-8-14/h4-8,15-16H,3,9-11,13H2,1-2H3. The fraction of sp³-hybridized carbons (Fsp3) is 0.556. The minimum Gasteiger partial charge on any atom is -0.465 e. The minimum atomic E-state index is -0.688. The predicted octanol–water partition coefficient (Wildman–Crippen LogP) is 2.00. The van der Waals surface area contributed by atoms with Crippen molar-refractivity contribution in [3.63, 3.8) is 0 Å². The van der Waals surface area contributed by atoms with E-state index >= 15 is 0 Å². The lowest BCUT2D eigenvalue weighted by Gasteiger charge is -2.32. The maximum atomic E-state index is 12.4. The minimum absolute atomic E-state index is 0.00499. The molecule has 0 saturated carbocycles. The molecule has 23 heavy (non-hydrogen) atoms. The Kier molecular flexibility index (Phi) is 4.38. The molecule has 0 bridgehead atoms. The molecule has 0 amide bonds. The average Bonchev–Trinajstić information content (AvgIpc) is 3.10. The van der Waals surface area contributed by atoms with Crippen LogP contribution < -0.4 is 0 Å². The van der Waals surface area contributed by atoms with Gasteiger partial charge in [-0.1, -0.05) is 30.3 Å². The monoisotopic (exact) mass is 313 g/mol. The molecular formula is C18H23N3O2. The number of ether oxygens (including phenoxy) is 1. The molecule has 5 nitrogen and oxygen atoms in total. The summed E-state index contributed by atoms with van der Waals surface area (Å²) in [7, 11) is 0. The number of benzene rings is 1. The summed E-state index contributed by atoms with van der Waals surface area (Å²) >= 11 is 0. The van der Waals surface area contributed by atoms with Crippen molar-refractivity contribution in [1.29, 1.82) is 5.26 Å². The van der Waals surface area contributed by atoms with Crippen LogP contribution in [-0.2, 0) is 16.1 Å². The first-order chi connectivity index (χ1) is 11.1. The Morgan fingerprint density at radius 1 is 1.39 bits per heavy atom. The number of fused-ring (bicyclic) bond motifs is 1. The van der Waals surface area contributed by atoms with Crippen LogP contribution in [0.15, 0.2) is 30.3 Å². The topological polar surface area (TPSA) is 56.6 Å². The van der Waals surface area contributed by atoms with E-state index in [0.717, 1.165) is 19.6 Å². The van der Waals surface area contributed by atoms with E-state index in [2.05, 4.69) is 28.0 Å². The van der Waals surface area contributed by atoms with Gasteiger partial charge in [-0.2, -0.15) is 5.26 Å². The van der Waals surface area contributed by atoms with Gasteiger partial charge in [0.2, 0.25) is 0 Å². The first-order valence-corrected chi connectivity index (χ1v) is 8.21. The highest BCUT2D eigenvalue weighted by molar-refractivity contribution is 5.81. The Balaban J connectivity index is 1.82. The number of esters is 1. The molecule has 5 heteroatoms. The van der Waals surface area contributed by atoms with E-state index in [9.17, 15) is 10.1 Å². The lowest BCUT2D eigenvalue weighted by molar-refractivity contribution is -0.155. The fourth-order valence-electron chi connectivity index (χ4n) is 3.95. The Bertz CT molecular complexity index is 612. The molecule has 1 aromatic rings. The van der Waals surface area contributed by atoms with Crippen molar-refractivity contribution >= 4 is 5.97 Å². The Morgan fingerprint density at radius 3 is 2.78 bits per heavy atom. The summed E-state index contributed by atoms with van der Waals surface area (Å²) in [5.74, 6) is -0.375. The molecule has 2 fully saturated rings. The van der Waals surface area contributed by atoms with Gasteiger partial charge in [-0.15, -0.1) is 0 Å². The van der Waals surface area contributed by atoms with E-state index in [-0.39, 0.29) is 18.1 Å². The van der Waals surface area contributed by atoms with Crippen LogP contribution in [0.1, 0.15) is 25.8 Å². The molecule has 122 valence electrons. The van der Waals surface area contributed by atoms with Gasteiger partial charge in [0.1, 0.15) is 5.54 Å². The lowest BCUT2D eigenvalue weighted by Crippen LogP contribution is -2.50. The zero-order chi connectivity index (χ0) is 16.4. The second-order valence-corrected chi connectivity index (χ2v) is 6.50. The quantitative estimate of drug-likeness (QED) is 0.796. The molecule has 2 heterocycles. The van der Waals surface area contributed by atoms with Crippen LogP contribution in [-0.4, -0.2) is 47.2 Å². The normalized spacial score (nSPS) is 30.8. The van der Waals surface area contributed by atoms with Gasteiger partial charge in [-0.25, -0.2) is 0 Å². The summed E-state index contributed by atoms with van der Waals surface area (Å²) in [6.45, 7) is 6.58. The summed E-state index contributed by atoms with van der Waals surface area (Å²) in [5.41, 5.74) is 0.544. The third-order valence-corrected chi connectivity index (χ3v) is 5.04. The number of nitriles is 1. The van der Waals surface area contributed by atoms with Crippen LogP contribution in [0, 0.1) is 17.2 Å². The van der Waals surface area contributed by atoms with E-state index in [4.69, 9.17) is 4.74 Å².